The number of ether oxygens (including phenoxy) is 1. The van der Waals surface area contributed by atoms with Crippen LogP contribution in [0.5, 0.6) is 0 Å². The summed E-state index contributed by atoms with van der Waals surface area (Å²) < 4.78 is 5.27. The fourth-order valence-corrected chi connectivity index (χ4v) is 4.04. The number of halogens is 1. The van der Waals surface area contributed by atoms with Gasteiger partial charge in [-0.15, -0.1) is 6.42 Å². The Bertz CT molecular complexity index is 1140. The third-order valence-corrected chi connectivity index (χ3v) is 5.90. The Morgan fingerprint density at radius 2 is 1.84 bits per heavy atom. The van der Waals surface area contributed by atoms with Crippen molar-refractivity contribution in [2.24, 2.45) is 0 Å². The molecule has 0 aliphatic rings. The Kier molecular flexibility index (Phi) is 10.9. The molecule has 2 atom stereocenters. The number of para-hydroxylation sites is 1. The second-order valence-corrected chi connectivity index (χ2v) is 10.00. The van der Waals surface area contributed by atoms with Crippen LogP contribution in [0.25, 0.3) is 0 Å². The number of alkyl carbamates (subject to hydrolysis) is 1. The molecule has 0 aliphatic heterocycles. The van der Waals surface area contributed by atoms with Crippen LogP contribution >= 0.6 is 24.2 Å². The van der Waals surface area contributed by atoms with Crippen LogP contribution in [-0.4, -0.2) is 58.5 Å². The molecule has 2 aromatic carbocycles. The van der Waals surface area contributed by atoms with Crippen LogP contribution in [0.2, 0.25) is 5.02 Å². The molecule has 0 radical (unpaired) electrons. The normalized spacial score (nSPS) is 12.6. The maximum atomic E-state index is 13.7. The molecule has 0 aromatic heterocycles. The number of aliphatic hydroxyl groups excluding tert-OH is 1. The number of nitrogens with one attached hydrogen (secondary N) is 2. The molecule has 0 bridgehead atoms. The Labute approximate surface area is 228 Å². The second kappa shape index (κ2) is 13.4. The summed E-state index contributed by atoms with van der Waals surface area (Å²) >= 11 is 10.5. The number of hydrogen-bond acceptors (Lipinski definition) is 6. The van der Waals surface area contributed by atoms with E-state index >= 15 is 0 Å². The first kappa shape index (κ1) is 30.0. The summed E-state index contributed by atoms with van der Waals surface area (Å²) in [4.78, 5) is 40.9. The summed E-state index contributed by atoms with van der Waals surface area (Å²) in [7, 11) is 0. The number of terminal acetylenes is 1. The number of benzene rings is 2. The van der Waals surface area contributed by atoms with Crippen LogP contribution in [-0.2, 0) is 14.3 Å². The quantitative estimate of drug-likeness (QED) is 0.282. The summed E-state index contributed by atoms with van der Waals surface area (Å²) in [6.07, 6.45) is 4.66. The van der Waals surface area contributed by atoms with Gasteiger partial charge in [-0.2, -0.15) is 12.6 Å². The Morgan fingerprint density at radius 1 is 1.19 bits per heavy atom. The van der Waals surface area contributed by atoms with E-state index in [1.54, 1.807) is 70.2 Å². The van der Waals surface area contributed by atoms with Crippen molar-refractivity contribution in [1.29, 1.82) is 0 Å². The fourth-order valence-electron chi connectivity index (χ4n) is 3.53. The Morgan fingerprint density at radius 3 is 2.35 bits per heavy atom. The maximum absolute atomic E-state index is 13.7. The zero-order chi connectivity index (χ0) is 27.8. The molecule has 2 unspecified atom stereocenters. The van der Waals surface area contributed by atoms with Crippen LogP contribution < -0.4 is 10.6 Å². The fraction of sp³-hybridized carbons (Fsp3) is 0.370. The van der Waals surface area contributed by atoms with Gasteiger partial charge >= 0.3 is 6.09 Å². The van der Waals surface area contributed by atoms with Gasteiger partial charge < -0.3 is 25.4 Å². The van der Waals surface area contributed by atoms with Gasteiger partial charge in [0.15, 0.2) is 0 Å². The molecule has 0 spiro atoms. The molecule has 0 saturated heterocycles. The van der Waals surface area contributed by atoms with Crippen molar-refractivity contribution in [3.63, 3.8) is 0 Å². The topological polar surface area (TPSA) is 108 Å². The lowest BCUT2D eigenvalue weighted by Gasteiger charge is -2.34. The smallest absolute Gasteiger partial charge is 0.408 e. The zero-order valence-corrected chi connectivity index (χ0v) is 22.9. The summed E-state index contributed by atoms with van der Waals surface area (Å²) in [6, 6.07) is 9.42. The molecule has 3 N–H and O–H groups in total. The average molecular weight is 546 g/mol. The number of thiol groups is 1. The third-order valence-electron chi connectivity index (χ3n) is 5.22. The van der Waals surface area contributed by atoms with Crippen molar-refractivity contribution in [1.82, 2.24) is 10.2 Å². The molecule has 2 rings (SSSR count). The number of rotatable bonds is 9. The van der Waals surface area contributed by atoms with E-state index in [-0.39, 0.29) is 12.3 Å². The highest BCUT2D eigenvalue weighted by molar-refractivity contribution is 7.80. The van der Waals surface area contributed by atoms with Crippen molar-refractivity contribution in [2.75, 3.05) is 24.2 Å². The molecule has 0 saturated carbocycles. The van der Waals surface area contributed by atoms with E-state index in [2.05, 4.69) is 29.2 Å². The molecule has 0 fully saturated rings. The van der Waals surface area contributed by atoms with Gasteiger partial charge in [0.1, 0.15) is 17.7 Å². The van der Waals surface area contributed by atoms with Gasteiger partial charge in [0.2, 0.25) is 5.91 Å². The van der Waals surface area contributed by atoms with Crippen molar-refractivity contribution in [3.05, 3.63) is 64.2 Å². The number of amides is 3. The molecule has 37 heavy (non-hydrogen) atoms. The van der Waals surface area contributed by atoms with Gasteiger partial charge in [0, 0.05) is 17.9 Å². The largest absolute Gasteiger partial charge is 0.444 e. The minimum absolute atomic E-state index is 0.0754. The average Bonchev–Trinajstić information content (AvgIpc) is 2.83. The van der Waals surface area contributed by atoms with E-state index in [0.29, 0.717) is 21.8 Å². The van der Waals surface area contributed by atoms with Crippen molar-refractivity contribution >= 4 is 47.8 Å². The number of carbonyl (C=O) groups excluding carboxylic acids is 3. The molecule has 0 heterocycles. The van der Waals surface area contributed by atoms with Crippen LogP contribution in [0, 0.1) is 19.3 Å². The second-order valence-electron chi connectivity index (χ2n) is 9.23. The number of anilines is 1. The number of aryl methyl sites for hydroxylation is 1. The minimum atomic E-state index is -1.19. The van der Waals surface area contributed by atoms with E-state index in [9.17, 15) is 19.5 Å². The molecule has 8 nitrogen and oxygen atoms in total. The lowest BCUT2D eigenvalue weighted by Crippen LogP contribution is -2.53. The first-order valence-electron chi connectivity index (χ1n) is 11.6. The summed E-state index contributed by atoms with van der Waals surface area (Å²) in [5.74, 6) is 1.24. The van der Waals surface area contributed by atoms with E-state index in [4.69, 9.17) is 22.8 Å². The van der Waals surface area contributed by atoms with Gasteiger partial charge in [-0.3, -0.25) is 9.59 Å². The predicted molar refractivity (Wildman–Crippen MR) is 148 cm³/mol. The number of aliphatic hydroxyl groups is 1. The molecule has 0 aliphatic carbocycles. The summed E-state index contributed by atoms with van der Waals surface area (Å²) in [6.45, 7) is 6.23. The minimum Gasteiger partial charge on any atom is -0.444 e. The molecular formula is C27H32ClN3O5S. The van der Waals surface area contributed by atoms with Crippen LogP contribution in [0.15, 0.2) is 42.5 Å². The van der Waals surface area contributed by atoms with Crippen LogP contribution in [0.4, 0.5) is 10.5 Å². The lowest BCUT2D eigenvalue weighted by molar-refractivity contribution is -0.140. The Balaban J connectivity index is 2.50. The van der Waals surface area contributed by atoms with Gasteiger partial charge in [0.05, 0.1) is 17.3 Å². The predicted octanol–water partition coefficient (Wildman–Crippen LogP) is 3.95. The van der Waals surface area contributed by atoms with Crippen molar-refractivity contribution in [3.8, 4) is 12.3 Å². The van der Waals surface area contributed by atoms with Gasteiger partial charge in [-0.05, 0) is 57.0 Å². The van der Waals surface area contributed by atoms with E-state index in [1.165, 1.54) is 4.90 Å². The third kappa shape index (κ3) is 8.42. The molecule has 10 heteroatoms. The maximum Gasteiger partial charge on any atom is 0.408 e. The molecule has 198 valence electrons. The highest BCUT2D eigenvalue weighted by atomic mass is 35.5. The van der Waals surface area contributed by atoms with E-state index in [1.807, 2.05) is 0 Å². The van der Waals surface area contributed by atoms with E-state index in [0.717, 1.165) is 5.56 Å². The van der Waals surface area contributed by atoms with Gasteiger partial charge in [-0.25, -0.2) is 4.79 Å². The molecule has 2 aromatic rings. The molecular weight excluding hydrogens is 514 g/mol. The highest BCUT2D eigenvalue weighted by Crippen LogP contribution is 2.29. The van der Waals surface area contributed by atoms with Crippen LogP contribution in [0.3, 0.4) is 0 Å². The number of nitrogens with zero attached hydrogens (tertiary/aromatic N) is 1. The molecule has 3 amide bonds. The van der Waals surface area contributed by atoms with E-state index < -0.39 is 42.2 Å². The number of hydrogen-bond donors (Lipinski definition) is 4. The summed E-state index contributed by atoms with van der Waals surface area (Å²) in [5, 5.41) is 15.5. The van der Waals surface area contributed by atoms with Gasteiger partial charge in [-0.1, -0.05) is 41.8 Å². The zero-order valence-electron chi connectivity index (χ0n) is 21.2. The number of carbonyl (C=O) groups is 3. The Hall–Kier alpha value is -3.19. The van der Waals surface area contributed by atoms with Crippen LogP contribution in [0.1, 0.15) is 43.5 Å². The first-order valence-corrected chi connectivity index (χ1v) is 12.6. The van der Waals surface area contributed by atoms with Crippen molar-refractivity contribution < 1.29 is 24.2 Å². The first-order chi connectivity index (χ1) is 17.4. The lowest BCUT2D eigenvalue weighted by atomic mass is 10.0. The summed E-state index contributed by atoms with van der Waals surface area (Å²) in [5.41, 5.74) is 1.37. The monoisotopic (exact) mass is 545 g/mol. The SMILES string of the molecule is C#Cc1ccc(C(C(=O)Nc2c(C)cccc2Cl)N(CCO)C(=O)C(CS)NC(=O)OC(C)(C)C)cc1. The van der Waals surface area contributed by atoms with Crippen molar-refractivity contribution in [2.45, 2.75) is 45.4 Å². The van der Waals surface area contributed by atoms with Gasteiger partial charge in [0.25, 0.3) is 5.91 Å². The standard InChI is InChI=1S/C27H32ClN3O5S/c1-6-18-10-12-19(13-11-18)23(24(33)30-22-17(2)8-7-9-20(22)28)31(14-15-32)25(34)21(16-37)29-26(35)36-27(3,4)5/h1,7-13,21,23,32,37H,14-16H2,2-5H3,(H,29,35)(H,30,33). The highest BCUT2D eigenvalue weighted by Gasteiger charge is 2.36.